The summed E-state index contributed by atoms with van der Waals surface area (Å²) in [5.74, 6) is 0. The van der Waals surface area contributed by atoms with E-state index in [1.54, 1.807) is 0 Å². The van der Waals surface area contributed by atoms with Crippen molar-refractivity contribution in [3.05, 3.63) is 95.6 Å². The smallest absolute Gasteiger partial charge is 0.0152 e. The molecule has 3 rings (SSSR count). The fourth-order valence-electron chi connectivity index (χ4n) is 3.00. The van der Waals surface area contributed by atoms with Crippen LogP contribution < -0.4 is 0 Å². The van der Waals surface area contributed by atoms with E-state index in [0.29, 0.717) is 0 Å². The van der Waals surface area contributed by atoms with Crippen molar-refractivity contribution in [1.29, 1.82) is 0 Å². The van der Waals surface area contributed by atoms with Gasteiger partial charge in [0.1, 0.15) is 0 Å². The molecular formula is C22H22. The lowest BCUT2D eigenvalue weighted by Gasteiger charge is -2.10. The molecule has 0 saturated heterocycles. The summed E-state index contributed by atoms with van der Waals surface area (Å²) in [7, 11) is 0. The number of benzene rings is 3. The molecule has 0 heteroatoms. The Morgan fingerprint density at radius 1 is 0.591 bits per heavy atom. The zero-order valence-corrected chi connectivity index (χ0v) is 13.1. The van der Waals surface area contributed by atoms with Crippen molar-refractivity contribution in [1.82, 2.24) is 0 Å². The molecule has 0 saturated carbocycles. The Hall–Kier alpha value is -2.34. The minimum absolute atomic E-state index is 1.12. The second kappa shape index (κ2) is 7.09. The van der Waals surface area contributed by atoms with Gasteiger partial charge in [-0.15, -0.1) is 0 Å². The summed E-state index contributed by atoms with van der Waals surface area (Å²) < 4.78 is 0. The van der Waals surface area contributed by atoms with Crippen LogP contribution in [0.1, 0.15) is 23.1 Å². The Morgan fingerprint density at radius 2 is 1.18 bits per heavy atom. The highest BCUT2D eigenvalue weighted by Gasteiger charge is 2.04. The summed E-state index contributed by atoms with van der Waals surface area (Å²) in [6.07, 6.45) is 3.46. The summed E-state index contributed by atoms with van der Waals surface area (Å²) in [5, 5.41) is 0. The Bertz CT molecular complexity index is 726. The summed E-state index contributed by atoms with van der Waals surface area (Å²) >= 11 is 0. The van der Waals surface area contributed by atoms with Gasteiger partial charge in [-0.3, -0.25) is 0 Å². The van der Waals surface area contributed by atoms with E-state index in [-0.39, 0.29) is 0 Å². The van der Waals surface area contributed by atoms with Crippen molar-refractivity contribution in [2.24, 2.45) is 0 Å². The predicted molar refractivity (Wildman–Crippen MR) is 95.1 cm³/mol. The second-order valence-corrected chi connectivity index (χ2v) is 5.80. The number of aryl methyl sites for hydroxylation is 3. The monoisotopic (exact) mass is 286 g/mol. The van der Waals surface area contributed by atoms with Gasteiger partial charge in [0.25, 0.3) is 0 Å². The van der Waals surface area contributed by atoms with E-state index in [1.807, 2.05) is 0 Å². The topological polar surface area (TPSA) is 0 Å². The summed E-state index contributed by atoms with van der Waals surface area (Å²) in [5.41, 5.74) is 7.00. The third kappa shape index (κ3) is 3.46. The molecule has 0 spiro atoms. The van der Waals surface area contributed by atoms with E-state index >= 15 is 0 Å². The number of hydrogen-bond acceptors (Lipinski definition) is 0. The Labute approximate surface area is 133 Å². The lowest BCUT2D eigenvalue weighted by Crippen LogP contribution is -1.94. The van der Waals surface area contributed by atoms with Crippen LogP contribution in [0.5, 0.6) is 0 Å². The predicted octanol–water partition coefficient (Wildman–Crippen LogP) is 5.84. The molecule has 0 nitrogen and oxygen atoms in total. The highest BCUT2D eigenvalue weighted by molar-refractivity contribution is 5.67. The van der Waals surface area contributed by atoms with Crippen LogP contribution in [0.15, 0.2) is 78.9 Å². The quantitative estimate of drug-likeness (QED) is 0.553. The molecule has 0 aliphatic carbocycles. The minimum atomic E-state index is 1.12. The molecule has 0 amide bonds. The van der Waals surface area contributed by atoms with Crippen LogP contribution in [0.25, 0.3) is 11.1 Å². The highest BCUT2D eigenvalue weighted by Crippen LogP contribution is 2.25. The first-order valence-corrected chi connectivity index (χ1v) is 8.02. The zero-order chi connectivity index (χ0) is 15.2. The maximum absolute atomic E-state index is 2.26. The van der Waals surface area contributed by atoms with Crippen molar-refractivity contribution in [3.8, 4) is 11.1 Å². The summed E-state index contributed by atoms with van der Waals surface area (Å²) in [4.78, 5) is 0. The maximum Gasteiger partial charge on any atom is -0.0152 e. The Balaban J connectivity index is 1.72. The number of rotatable bonds is 5. The standard InChI is InChI=1S/C22H22/c1-18-10-5-6-11-19(18)15-9-16-21-14-7-8-17-22(21)20-12-3-2-4-13-20/h2-8,10-14,17H,9,15-16H2,1H3. The molecule has 0 aliphatic rings. The molecule has 0 heterocycles. The average Bonchev–Trinajstić information content (AvgIpc) is 2.58. The van der Waals surface area contributed by atoms with Gasteiger partial charge >= 0.3 is 0 Å². The fraction of sp³-hybridized carbons (Fsp3) is 0.182. The first kappa shape index (κ1) is 14.6. The Morgan fingerprint density at radius 3 is 1.95 bits per heavy atom. The molecule has 22 heavy (non-hydrogen) atoms. The van der Waals surface area contributed by atoms with Gasteiger partial charge in [-0.2, -0.15) is 0 Å². The van der Waals surface area contributed by atoms with E-state index in [4.69, 9.17) is 0 Å². The van der Waals surface area contributed by atoms with Crippen molar-refractivity contribution >= 4 is 0 Å². The van der Waals surface area contributed by atoms with E-state index in [9.17, 15) is 0 Å². The third-order valence-electron chi connectivity index (χ3n) is 4.26. The van der Waals surface area contributed by atoms with Crippen LogP contribution >= 0.6 is 0 Å². The fourth-order valence-corrected chi connectivity index (χ4v) is 3.00. The average molecular weight is 286 g/mol. The van der Waals surface area contributed by atoms with Gasteiger partial charge in [0, 0.05) is 0 Å². The SMILES string of the molecule is Cc1ccccc1CCCc1ccccc1-c1ccccc1. The van der Waals surface area contributed by atoms with Crippen LogP contribution in [-0.4, -0.2) is 0 Å². The van der Waals surface area contributed by atoms with Crippen molar-refractivity contribution < 1.29 is 0 Å². The molecule has 0 atom stereocenters. The van der Waals surface area contributed by atoms with Gasteiger partial charge in [-0.25, -0.2) is 0 Å². The van der Waals surface area contributed by atoms with Crippen molar-refractivity contribution in [3.63, 3.8) is 0 Å². The van der Waals surface area contributed by atoms with Crippen LogP contribution in [0.4, 0.5) is 0 Å². The third-order valence-corrected chi connectivity index (χ3v) is 4.26. The normalized spacial score (nSPS) is 10.6. The molecular weight excluding hydrogens is 264 g/mol. The Kier molecular flexibility index (Phi) is 4.70. The van der Waals surface area contributed by atoms with E-state index in [0.717, 1.165) is 12.8 Å². The van der Waals surface area contributed by atoms with Crippen LogP contribution in [-0.2, 0) is 12.8 Å². The van der Waals surface area contributed by atoms with Gasteiger partial charge in [0.15, 0.2) is 0 Å². The van der Waals surface area contributed by atoms with Gasteiger partial charge in [-0.05, 0) is 54.0 Å². The summed E-state index contributed by atoms with van der Waals surface area (Å²) in [6.45, 7) is 2.20. The maximum atomic E-state index is 2.26. The molecule has 0 unspecified atom stereocenters. The first-order chi connectivity index (χ1) is 10.8. The van der Waals surface area contributed by atoms with E-state index < -0.39 is 0 Å². The molecule has 3 aromatic rings. The number of hydrogen-bond donors (Lipinski definition) is 0. The van der Waals surface area contributed by atoms with Crippen LogP contribution in [0, 0.1) is 6.92 Å². The molecule has 0 aromatic heterocycles. The lowest BCUT2D eigenvalue weighted by atomic mass is 9.94. The van der Waals surface area contributed by atoms with Crippen molar-refractivity contribution in [2.45, 2.75) is 26.2 Å². The molecule has 0 radical (unpaired) electrons. The van der Waals surface area contributed by atoms with Gasteiger partial charge in [-0.1, -0.05) is 78.9 Å². The van der Waals surface area contributed by atoms with Gasteiger partial charge in [0.05, 0.1) is 0 Å². The van der Waals surface area contributed by atoms with Crippen LogP contribution in [0.2, 0.25) is 0 Å². The van der Waals surface area contributed by atoms with Gasteiger partial charge < -0.3 is 0 Å². The van der Waals surface area contributed by atoms with Crippen LogP contribution in [0.3, 0.4) is 0 Å². The van der Waals surface area contributed by atoms with Gasteiger partial charge in [0.2, 0.25) is 0 Å². The lowest BCUT2D eigenvalue weighted by molar-refractivity contribution is 0.817. The minimum Gasteiger partial charge on any atom is -0.0622 e. The molecule has 0 aliphatic heterocycles. The molecule has 0 fully saturated rings. The van der Waals surface area contributed by atoms with Crippen molar-refractivity contribution in [2.75, 3.05) is 0 Å². The summed E-state index contributed by atoms with van der Waals surface area (Å²) in [6, 6.07) is 28.2. The molecule has 0 N–H and O–H groups in total. The largest absolute Gasteiger partial charge is 0.0622 e. The second-order valence-electron chi connectivity index (χ2n) is 5.80. The highest BCUT2D eigenvalue weighted by atomic mass is 14.1. The molecule has 0 bridgehead atoms. The molecule has 110 valence electrons. The van der Waals surface area contributed by atoms with E-state index in [2.05, 4.69) is 85.8 Å². The zero-order valence-electron chi connectivity index (χ0n) is 13.1. The first-order valence-electron chi connectivity index (χ1n) is 8.02. The molecule has 3 aromatic carbocycles. The van der Waals surface area contributed by atoms with E-state index in [1.165, 1.54) is 34.2 Å².